The second-order valence-electron chi connectivity index (χ2n) is 4.72. The van der Waals surface area contributed by atoms with Crippen LogP contribution in [0.3, 0.4) is 0 Å². The van der Waals surface area contributed by atoms with Crippen LogP contribution in [0.1, 0.15) is 40.1 Å². The van der Waals surface area contributed by atoms with E-state index in [1.54, 1.807) is 11.3 Å². The van der Waals surface area contributed by atoms with Gasteiger partial charge in [-0.1, -0.05) is 25.1 Å². The molecule has 0 aliphatic carbocycles. The van der Waals surface area contributed by atoms with Gasteiger partial charge in [-0.15, -0.1) is 11.3 Å². The molecule has 0 bridgehead atoms. The van der Waals surface area contributed by atoms with E-state index in [-0.39, 0.29) is 11.7 Å². The van der Waals surface area contributed by atoms with Gasteiger partial charge in [-0.25, -0.2) is 0 Å². The molecule has 0 fully saturated rings. The van der Waals surface area contributed by atoms with Crippen molar-refractivity contribution in [3.8, 4) is 5.75 Å². The summed E-state index contributed by atoms with van der Waals surface area (Å²) in [7, 11) is 0. The Balaban J connectivity index is 1.98. The van der Waals surface area contributed by atoms with Crippen LogP contribution < -0.4 is 4.74 Å². The van der Waals surface area contributed by atoms with E-state index in [9.17, 15) is 4.79 Å². The number of Topliss-reactive ketones (excluding diaryl/α,β-unsaturated/α-hetero) is 1. The number of aryl methyl sites for hydroxylation is 1. The third kappa shape index (κ3) is 2.19. The fraction of sp³-hybridized carbons (Fsp3) is 0.312. The van der Waals surface area contributed by atoms with Gasteiger partial charge in [0.25, 0.3) is 0 Å². The van der Waals surface area contributed by atoms with Gasteiger partial charge in [0.15, 0.2) is 5.78 Å². The van der Waals surface area contributed by atoms with Gasteiger partial charge < -0.3 is 4.74 Å². The highest BCUT2D eigenvalue weighted by atomic mass is 32.1. The first-order chi connectivity index (χ1) is 9.31. The fourth-order valence-corrected chi connectivity index (χ4v) is 3.59. The lowest BCUT2D eigenvalue weighted by molar-refractivity contribution is 0.0936. The number of ketones is 1. The number of thiophene rings is 1. The lowest BCUT2D eigenvalue weighted by Gasteiger charge is -2.24. The topological polar surface area (TPSA) is 26.3 Å². The summed E-state index contributed by atoms with van der Waals surface area (Å²) in [4.78, 5) is 13.7. The summed E-state index contributed by atoms with van der Waals surface area (Å²) in [6, 6.07) is 9.95. The number of hydrogen-bond acceptors (Lipinski definition) is 3. The van der Waals surface area contributed by atoms with Gasteiger partial charge in [-0.2, -0.15) is 0 Å². The second-order valence-corrected chi connectivity index (χ2v) is 5.64. The maximum absolute atomic E-state index is 12.8. The minimum Gasteiger partial charge on any atom is -0.493 e. The Labute approximate surface area is 117 Å². The molecule has 1 aromatic heterocycles. The molecule has 3 rings (SSSR count). The van der Waals surface area contributed by atoms with Gasteiger partial charge in [0.2, 0.25) is 0 Å². The molecule has 19 heavy (non-hydrogen) atoms. The third-order valence-electron chi connectivity index (χ3n) is 3.63. The molecule has 2 heterocycles. The number of carbonyl (C=O) groups is 1. The van der Waals surface area contributed by atoms with Crippen LogP contribution in [0.4, 0.5) is 0 Å². The summed E-state index contributed by atoms with van der Waals surface area (Å²) < 4.78 is 5.63. The van der Waals surface area contributed by atoms with E-state index in [4.69, 9.17) is 4.74 Å². The van der Waals surface area contributed by atoms with Crippen molar-refractivity contribution in [2.75, 3.05) is 6.61 Å². The first-order valence-electron chi connectivity index (χ1n) is 6.63. The van der Waals surface area contributed by atoms with Crippen LogP contribution >= 0.6 is 11.3 Å². The molecular weight excluding hydrogens is 256 g/mol. The molecule has 0 spiro atoms. The number of para-hydroxylation sites is 1. The number of rotatable bonds is 3. The molecule has 0 saturated carbocycles. The highest BCUT2D eigenvalue weighted by molar-refractivity contribution is 7.12. The Kier molecular flexibility index (Phi) is 3.38. The lowest BCUT2D eigenvalue weighted by atomic mass is 9.88. The van der Waals surface area contributed by atoms with E-state index in [1.165, 1.54) is 5.56 Å². The number of hydrogen-bond donors (Lipinski definition) is 0. The minimum atomic E-state index is -0.0473. The highest BCUT2D eigenvalue weighted by Crippen LogP contribution is 2.37. The predicted octanol–water partition coefficient (Wildman–Crippen LogP) is 4.06. The van der Waals surface area contributed by atoms with Crippen LogP contribution in [-0.4, -0.2) is 12.4 Å². The first kappa shape index (κ1) is 12.4. The summed E-state index contributed by atoms with van der Waals surface area (Å²) >= 11 is 1.56. The van der Waals surface area contributed by atoms with Gasteiger partial charge in [0.1, 0.15) is 5.75 Å². The fourth-order valence-electron chi connectivity index (χ4n) is 2.60. The molecule has 0 amide bonds. The molecule has 1 aliphatic rings. The molecule has 0 saturated heterocycles. The Morgan fingerprint density at radius 1 is 1.37 bits per heavy atom. The highest BCUT2D eigenvalue weighted by Gasteiger charge is 2.29. The number of benzene rings is 1. The monoisotopic (exact) mass is 272 g/mol. The number of fused-ring (bicyclic) bond motifs is 1. The summed E-state index contributed by atoms with van der Waals surface area (Å²) in [5.41, 5.74) is 2.20. The lowest BCUT2D eigenvalue weighted by Crippen LogP contribution is -2.21. The molecule has 0 N–H and O–H groups in total. The minimum absolute atomic E-state index is 0.0473. The van der Waals surface area contributed by atoms with Gasteiger partial charge in [-0.05, 0) is 35.9 Å². The Morgan fingerprint density at radius 2 is 2.21 bits per heavy atom. The third-order valence-corrected chi connectivity index (χ3v) is 4.60. The van der Waals surface area contributed by atoms with Crippen molar-refractivity contribution in [1.82, 2.24) is 0 Å². The SMILES string of the molecule is CCc1ccsc1C(=O)C1CCOc2ccccc21. The average molecular weight is 272 g/mol. The van der Waals surface area contributed by atoms with E-state index < -0.39 is 0 Å². The molecule has 1 aromatic carbocycles. The zero-order valence-electron chi connectivity index (χ0n) is 10.9. The van der Waals surface area contributed by atoms with Crippen LogP contribution in [0.5, 0.6) is 5.75 Å². The van der Waals surface area contributed by atoms with Crippen LogP contribution in [0.15, 0.2) is 35.7 Å². The largest absolute Gasteiger partial charge is 0.493 e. The van der Waals surface area contributed by atoms with Crippen LogP contribution in [0.25, 0.3) is 0 Å². The average Bonchev–Trinajstić information content (AvgIpc) is 2.94. The molecule has 1 atom stereocenters. The molecule has 0 radical (unpaired) electrons. The van der Waals surface area contributed by atoms with E-state index in [0.717, 1.165) is 29.0 Å². The molecular formula is C16H16O2S. The second kappa shape index (κ2) is 5.17. The quantitative estimate of drug-likeness (QED) is 0.788. The molecule has 1 unspecified atom stereocenters. The molecule has 1 aliphatic heterocycles. The summed E-state index contributed by atoms with van der Waals surface area (Å²) in [5.74, 6) is 1.07. The molecule has 3 heteroatoms. The van der Waals surface area contributed by atoms with Crippen LogP contribution in [0, 0.1) is 0 Å². The maximum Gasteiger partial charge on any atom is 0.180 e. The molecule has 2 nitrogen and oxygen atoms in total. The Hall–Kier alpha value is -1.61. The zero-order chi connectivity index (χ0) is 13.2. The summed E-state index contributed by atoms with van der Waals surface area (Å²) in [6.07, 6.45) is 1.69. The number of ether oxygens (including phenoxy) is 1. The van der Waals surface area contributed by atoms with E-state index in [1.807, 2.05) is 29.6 Å². The standard InChI is InChI=1S/C16H16O2S/c1-2-11-8-10-19-16(11)15(17)13-7-9-18-14-6-4-3-5-12(13)14/h3-6,8,10,13H,2,7,9H2,1H3. The van der Waals surface area contributed by atoms with Crippen LogP contribution in [0.2, 0.25) is 0 Å². The van der Waals surface area contributed by atoms with Gasteiger partial charge >= 0.3 is 0 Å². The van der Waals surface area contributed by atoms with Crippen LogP contribution in [-0.2, 0) is 6.42 Å². The van der Waals surface area contributed by atoms with Gasteiger partial charge in [0.05, 0.1) is 17.4 Å². The van der Waals surface area contributed by atoms with Crippen molar-refractivity contribution in [3.63, 3.8) is 0 Å². The Morgan fingerprint density at radius 3 is 3.05 bits per heavy atom. The summed E-state index contributed by atoms with van der Waals surface area (Å²) in [5, 5.41) is 2.01. The number of carbonyl (C=O) groups excluding carboxylic acids is 1. The van der Waals surface area contributed by atoms with Crippen molar-refractivity contribution < 1.29 is 9.53 Å². The smallest absolute Gasteiger partial charge is 0.180 e. The van der Waals surface area contributed by atoms with E-state index in [0.29, 0.717) is 6.61 Å². The van der Waals surface area contributed by atoms with E-state index >= 15 is 0 Å². The molecule has 98 valence electrons. The Bertz CT molecular complexity index is 600. The van der Waals surface area contributed by atoms with Gasteiger partial charge in [-0.3, -0.25) is 4.79 Å². The molecule has 2 aromatic rings. The van der Waals surface area contributed by atoms with Crippen molar-refractivity contribution in [1.29, 1.82) is 0 Å². The normalized spacial score (nSPS) is 17.6. The summed E-state index contributed by atoms with van der Waals surface area (Å²) in [6.45, 7) is 2.72. The zero-order valence-corrected chi connectivity index (χ0v) is 11.7. The van der Waals surface area contributed by atoms with Crippen molar-refractivity contribution in [2.45, 2.75) is 25.7 Å². The van der Waals surface area contributed by atoms with E-state index in [2.05, 4.69) is 13.0 Å². The predicted molar refractivity (Wildman–Crippen MR) is 77.3 cm³/mol. The van der Waals surface area contributed by atoms with Crippen molar-refractivity contribution in [3.05, 3.63) is 51.7 Å². The maximum atomic E-state index is 12.8. The van der Waals surface area contributed by atoms with Gasteiger partial charge in [0, 0.05) is 5.56 Å². The van der Waals surface area contributed by atoms with Crippen molar-refractivity contribution in [2.24, 2.45) is 0 Å². The first-order valence-corrected chi connectivity index (χ1v) is 7.51. The van der Waals surface area contributed by atoms with Crippen molar-refractivity contribution >= 4 is 17.1 Å².